The lowest BCUT2D eigenvalue weighted by Crippen LogP contribution is -3.17. The molecule has 0 fully saturated rings. The standard InChI is InChI=1S/C14H20N2O3/c1-13(2)14(3,4)16(18)12(15(13)17)10-6-8-11(19-5)9-7-10/h6-9,15H,1-5H3. The number of hydrogen-bond donors (Lipinski definition) is 1. The maximum absolute atomic E-state index is 12.5. The van der Waals surface area contributed by atoms with Gasteiger partial charge in [0.05, 0.1) is 7.11 Å². The Bertz CT molecular complexity index is 518. The molecular weight excluding hydrogens is 244 g/mol. The van der Waals surface area contributed by atoms with E-state index in [1.807, 2.05) is 13.8 Å². The normalized spacial score (nSPS) is 24.6. The van der Waals surface area contributed by atoms with Crippen LogP contribution < -0.4 is 9.80 Å². The third-order valence-corrected chi connectivity index (χ3v) is 4.39. The van der Waals surface area contributed by atoms with Gasteiger partial charge in [-0.2, -0.15) is 0 Å². The molecule has 0 aromatic heterocycles. The van der Waals surface area contributed by atoms with Gasteiger partial charge in [-0.25, -0.2) is 0 Å². The average Bonchev–Trinajstić information content (AvgIpc) is 2.49. The van der Waals surface area contributed by atoms with Crippen molar-refractivity contribution in [2.45, 2.75) is 38.8 Å². The lowest BCUT2D eigenvalue weighted by molar-refractivity contribution is -0.805. The highest BCUT2D eigenvalue weighted by molar-refractivity contribution is 5.89. The first-order chi connectivity index (χ1) is 8.73. The molecule has 1 atom stereocenters. The summed E-state index contributed by atoms with van der Waals surface area (Å²) in [7, 11) is 1.58. The van der Waals surface area contributed by atoms with Crippen molar-refractivity contribution in [3.8, 4) is 5.75 Å². The minimum atomic E-state index is -0.751. The lowest BCUT2D eigenvalue weighted by Gasteiger charge is -2.34. The Labute approximate surface area is 113 Å². The van der Waals surface area contributed by atoms with Gasteiger partial charge in [0, 0.05) is 13.8 Å². The van der Waals surface area contributed by atoms with Crippen molar-refractivity contribution in [2.75, 3.05) is 7.11 Å². The van der Waals surface area contributed by atoms with Gasteiger partial charge in [0.25, 0.3) is 0 Å². The van der Waals surface area contributed by atoms with Gasteiger partial charge in [-0.05, 0) is 38.1 Å². The third-order valence-electron chi connectivity index (χ3n) is 4.39. The Balaban J connectivity index is 2.52. The number of quaternary nitrogens is 1. The maximum atomic E-state index is 12.5. The van der Waals surface area contributed by atoms with Crippen LogP contribution in [-0.2, 0) is 0 Å². The fourth-order valence-corrected chi connectivity index (χ4v) is 2.20. The van der Waals surface area contributed by atoms with Crippen LogP contribution in [0.1, 0.15) is 33.3 Å². The van der Waals surface area contributed by atoms with E-state index in [-0.39, 0.29) is 10.9 Å². The van der Waals surface area contributed by atoms with Gasteiger partial charge in [-0.15, -0.1) is 4.74 Å². The monoisotopic (exact) mass is 264 g/mol. The minimum Gasteiger partial charge on any atom is -0.624 e. The predicted octanol–water partition coefficient (Wildman–Crippen LogP) is 0.906. The zero-order valence-electron chi connectivity index (χ0n) is 12.0. The van der Waals surface area contributed by atoms with Crippen LogP contribution in [0, 0.1) is 10.4 Å². The smallest absolute Gasteiger partial charge is 0.381 e. The molecule has 1 heterocycles. The number of hydrogen-bond acceptors (Lipinski definition) is 3. The highest BCUT2D eigenvalue weighted by Gasteiger charge is 2.60. The molecule has 0 bridgehead atoms. The summed E-state index contributed by atoms with van der Waals surface area (Å²) < 4.78 is 5.93. The minimum absolute atomic E-state index is 0.113. The second-order valence-electron chi connectivity index (χ2n) is 5.88. The molecule has 0 saturated heterocycles. The van der Waals surface area contributed by atoms with Crippen LogP contribution in [0.2, 0.25) is 0 Å². The molecule has 0 amide bonds. The Morgan fingerprint density at radius 1 is 1.11 bits per heavy atom. The first kappa shape index (κ1) is 13.8. The van der Waals surface area contributed by atoms with Gasteiger partial charge in [0.2, 0.25) is 5.54 Å². The number of methoxy groups -OCH3 is 1. The molecule has 19 heavy (non-hydrogen) atoms. The zero-order valence-corrected chi connectivity index (χ0v) is 12.0. The molecule has 2 rings (SSSR count). The second kappa shape index (κ2) is 4.21. The third kappa shape index (κ3) is 1.81. The van der Waals surface area contributed by atoms with E-state index in [1.165, 1.54) is 0 Å². The van der Waals surface area contributed by atoms with Crippen LogP contribution in [0.15, 0.2) is 24.3 Å². The van der Waals surface area contributed by atoms with Crippen molar-refractivity contribution >= 4 is 5.84 Å². The van der Waals surface area contributed by atoms with E-state index in [0.717, 1.165) is 4.74 Å². The van der Waals surface area contributed by atoms with E-state index in [2.05, 4.69) is 0 Å². The van der Waals surface area contributed by atoms with Gasteiger partial charge < -0.3 is 15.2 Å². The fourth-order valence-electron chi connectivity index (χ4n) is 2.20. The van der Waals surface area contributed by atoms with E-state index in [1.54, 1.807) is 45.2 Å². The quantitative estimate of drug-likeness (QED) is 0.638. The fraction of sp³-hybridized carbons (Fsp3) is 0.500. The molecule has 0 radical (unpaired) electrons. The molecular formula is C14H20N2O3. The molecule has 1 aromatic carbocycles. The van der Waals surface area contributed by atoms with E-state index in [0.29, 0.717) is 11.3 Å². The van der Waals surface area contributed by atoms with Crippen molar-refractivity contribution in [3.63, 3.8) is 0 Å². The first-order valence-corrected chi connectivity index (χ1v) is 6.27. The summed E-state index contributed by atoms with van der Waals surface area (Å²) in [6.45, 7) is 7.23. The van der Waals surface area contributed by atoms with Crippen LogP contribution in [-0.4, -0.2) is 28.8 Å². The Morgan fingerprint density at radius 2 is 1.63 bits per heavy atom. The van der Waals surface area contributed by atoms with Gasteiger partial charge in [-0.1, -0.05) is 0 Å². The van der Waals surface area contributed by atoms with Crippen molar-refractivity contribution in [3.05, 3.63) is 40.2 Å². The van der Waals surface area contributed by atoms with Crippen molar-refractivity contribution in [2.24, 2.45) is 0 Å². The topological polar surface area (TPSA) is 62.8 Å². The van der Waals surface area contributed by atoms with E-state index < -0.39 is 11.1 Å². The number of hydroxylamine groups is 3. The molecule has 1 aliphatic rings. The molecule has 0 saturated carbocycles. The molecule has 1 aromatic rings. The van der Waals surface area contributed by atoms with Crippen LogP contribution in [0.5, 0.6) is 5.75 Å². The van der Waals surface area contributed by atoms with E-state index in [4.69, 9.17) is 4.74 Å². The maximum Gasteiger partial charge on any atom is 0.381 e. The van der Waals surface area contributed by atoms with E-state index >= 15 is 0 Å². The van der Waals surface area contributed by atoms with Crippen molar-refractivity contribution < 1.29 is 14.5 Å². The molecule has 1 N–H and O–H groups in total. The SMILES string of the molecule is COc1ccc(C2=[N+]([O-])C(C)(C)C(C)(C)[NH+]2[O-])cc1. The summed E-state index contributed by atoms with van der Waals surface area (Å²) >= 11 is 0. The molecule has 1 aliphatic heterocycles. The average molecular weight is 264 g/mol. The molecule has 5 heteroatoms. The van der Waals surface area contributed by atoms with Gasteiger partial charge >= 0.3 is 5.84 Å². The van der Waals surface area contributed by atoms with E-state index in [9.17, 15) is 10.4 Å². The number of rotatable bonds is 2. The first-order valence-electron chi connectivity index (χ1n) is 6.27. The predicted molar refractivity (Wildman–Crippen MR) is 73.2 cm³/mol. The molecule has 0 spiro atoms. The second-order valence-corrected chi connectivity index (χ2v) is 5.88. The molecule has 104 valence electrons. The summed E-state index contributed by atoms with van der Waals surface area (Å²) in [4.78, 5) is 0. The van der Waals surface area contributed by atoms with Crippen LogP contribution in [0.4, 0.5) is 0 Å². The van der Waals surface area contributed by atoms with Gasteiger partial charge in [-0.3, -0.25) is 5.06 Å². The summed E-state index contributed by atoms with van der Waals surface area (Å²) in [5.74, 6) is 0.934. The largest absolute Gasteiger partial charge is 0.624 e. The highest BCUT2D eigenvalue weighted by Crippen LogP contribution is 2.27. The van der Waals surface area contributed by atoms with Crippen LogP contribution >= 0.6 is 0 Å². The van der Waals surface area contributed by atoms with Crippen molar-refractivity contribution in [1.29, 1.82) is 0 Å². The number of amidine groups is 1. The van der Waals surface area contributed by atoms with Crippen LogP contribution in [0.3, 0.4) is 0 Å². The highest BCUT2D eigenvalue weighted by atomic mass is 16.5. The molecule has 5 nitrogen and oxygen atoms in total. The Morgan fingerprint density at radius 3 is 2.00 bits per heavy atom. The molecule has 0 aliphatic carbocycles. The summed E-state index contributed by atoms with van der Waals surface area (Å²) in [5.41, 5.74) is -0.817. The summed E-state index contributed by atoms with van der Waals surface area (Å²) in [5, 5.41) is 24.8. The zero-order chi connectivity index (χ0) is 14.4. The van der Waals surface area contributed by atoms with Gasteiger partial charge in [0.1, 0.15) is 11.3 Å². The number of nitrogens with one attached hydrogen (secondary N) is 1. The summed E-state index contributed by atoms with van der Waals surface area (Å²) in [6.07, 6.45) is 0. The number of benzene rings is 1. The summed E-state index contributed by atoms with van der Waals surface area (Å²) in [6, 6.07) is 6.99. The number of nitrogens with zero attached hydrogens (tertiary/aromatic N) is 1. The van der Waals surface area contributed by atoms with Gasteiger partial charge in [0.15, 0.2) is 5.54 Å². The molecule has 1 unspecified atom stereocenters. The van der Waals surface area contributed by atoms with Crippen molar-refractivity contribution in [1.82, 2.24) is 0 Å². The number of ether oxygens (including phenoxy) is 1. The Kier molecular flexibility index (Phi) is 3.07. The van der Waals surface area contributed by atoms with Crippen LogP contribution in [0.25, 0.3) is 0 Å². The lowest BCUT2D eigenvalue weighted by atomic mass is 9.84. The Hall–Kier alpha value is -1.59.